The lowest BCUT2D eigenvalue weighted by atomic mass is 10.0. The highest BCUT2D eigenvalue weighted by Gasteiger charge is 2.03. The number of rotatable bonds is 3. The van der Waals surface area contributed by atoms with Gasteiger partial charge in [-0.25, -0.2) is 4.98 Å². The molecule has 110 valence electrons. The normalized spacial score (nSPS) is 12.3. The Kier molecular flexibility index (Phi) is 3.62. The van der Waals surface area contributed by atoms with E-state index >= 15 is 0 Å². The fourth-order valence-electron chi connectivity index (χ4n) is 2.29. The number of benzene rings is 1. The Morgan fingerprint density at radius 1 is 1.27 bits per heavy atom. The number of aromatic nitrogens is 2. The summed E-state index contributed by atoms with van der Waals surface area (Å²) in [6, 6.07) is 11.6. The molecule has 3 rings (SSSR count). The van der Waals surface area contributed by atoms with Crippen LogP contribution in [0.4, 0.5) is 0 Å². The molecule has 5 heteroatoms. The number of hydrogen-bond acceptors (Lipinski definition) is 3. The summed E-state index contributed by atoms with van der Waals surface area (Å²) >= 11 is 0. The lowest BCUT2D eigenvalue weighted by Gasteiger charge is -2.04. The summed E-state index contributed by atoms with van der Waals surface area (Å²) in [6.45, 7) is 2.02. The van der Waals surface area contributed by atoms with Crippen molar-refractivity contribution < 1.29 is 5.21 Å². The summed E-state index contributed by atoms with van der Waals surface area (Å²) in [7, 11) is 0. The molecule has 0 fully saturated rings. The first-order chi connectivity index (χ1) is 10.7. The van der Waals surface area contributed by atoms with Gasteiger partial charge in [-0.15, -0.1) is 0 Å². The van der Waals surface area contributed by atoms with Gasteiger partial charge in [0, 0.05) is 11.8 Å². The van der Waals surface area contributed by atoms with E-state index in [0.717, 1.165) is 22.5 Å². The number of nitrogens with zero attached hydrogens (tertiary/aromatic N) is 3. The number of fused-ring (bicyclic) bond motifs is 1. The molecule has 3 aromatic rings. The van der Waals surface area contributed by atoms with Gasteiger partial charge < -0.3 is 15.3 Å². The first-order valence-electron chi connectivity index (χ1n) is 6.88. The van der Waals surface area contributed by atoms with Crippen molar-refractivity contribution in [1.82, 2.24) is 9.38 Å². The molecule has 0 radical (unpaired) electrons. The Morgan fingerprint density at radius 3 is 2.95 bits per heavy atom. The summed E-state index contributed by atoms with van der Waals surface area (Å²) in [6.07, 6.45) is 7.80. The van der Waals surface area contributed by atoms with Gasteiger partial charge in [-0.1, -0.05) is 29.4 Å². The van der Waals surface area contributed by atoms with Crippen molar-refractivity contribution in [2.75, 3.05) is 0 Å². The van der Waals surface area contributed by atoms with Crippen LogP contribution in [-0.4, -0.2) is 20.4 Å². The van der Waals surface area contributed by atoms with Crippen LogP contribution in [0.3, 0.4) is 0 Å². The van der Waals surface area contributed by atoms with Gasteiger partial charge in [0.1, 0.15) is 5.65 Å². The summed E-state index contributed by atoms with van der Waals surface area (Å²) < 4.78 is 2.01. The van der Waals surface area contributed by atoms with Gasteiger partial charge in [-0.3, -0.25) is 0 Å². The van der Waals surface area contributed by atoms with E-state index in [9.17, 15) is 0 Å². The molecule has 0 spiro atoms. The zero-order valence-electron chi connectivity index (χ0n) is 12.1. The average molecular weight is 292 g/mol. The zero-order chi connectivity index (χ0) is 15.5. The molecule has 0 unspecified atom stereocenters. The highest BCUT2D eigenvalue weighted by molar-refractivity contribution is 5.97. The molecule has 0 bridgehead atoms. The molecule has 0 saturated heterocycles. The Bertz CT molecular complexity index is 877. The lowest BCUT2D eigenvalue weighted by Crippen LogP contribution is -2.13. The predicted octanol–water partition coefficient (Wildman–Crippen LogP) is 2.91. The van der Waals surface area contributed by atoms with Gasteiger partial charge in [-0.05, 0) is 42.3 Å². The van der Waals surface area contributed by atoms with E-state index in [1.54, 1.807) is 0 Å². The standard InChI is InChI=1S/C17H16N4O/c1-12-5-6-14(17(18)20-22)10-13(12)7-8-15-11-19-16-4-2-3-9-21(15)16/h2-11,22H,1H3,(H2,18,20)/b8-7+. The van der Waals surface area contributed by atoms with Crippen molar-refractivity contribution in [2.45, 2.75) is 6.92 Å². The number of pyridine rings is 1. The van der Waals surface area contributed by atoms with Gasteiger partial charge in [-0.2, -0.15) is 0 Å². The first-order valence-corrected chi connectivity index (χ1v) is 6.88. The number of oxime groups is 1. The third-order valence-corrected chi connectivity index (χ3v) is 3.56. The molecular weight excluding hydrogens is 276 g/mol. The largest absolute Gasteiger partial charge is 0.409 e. The van der Waals surface area contributed by atoms with Crippen LogP contribution in [-0.2, 0) is 0 Å². The van der Waals surface area contributed by atoms with Crippen LogP contribution in [0.2, 0.25) is 0 Å². The van der Waals surface area contributed by atoms with Crippen LogP contribution in [0.5, 0.6) is 0 Å². The van der Waals surface area contributed by atoms with Crippen molar-refractivity contribution in [2.24, 2.45) is 10.9 Å². The van der Waals surface area contributed by atoms with Crippen molar-refractivity contribution in [1.29, 1.82) is 0 Å². The van der Waals surface area contributed by atoms with Gasteiger partial charge in [0.15, 0.2) is 5.84 Å². The Balaban J connectivity index is 1.98. The quantitative estimate of drug-likeness (QED) is 0.337. The second kappa shape index (κ2) is 5.73. The highest BCUT2D eigenvalue weighted by Crippen LogP contribution is 2.16. The maximum atomic E-state index is 8.78. The molecule has 0 aliphatic carbocycles. The fourth-order valence-corrected chi connectivity index (χ4v) is 2.29. The number of hydrogen-bond donors (Lipinski definition) is 2. The van der Waals surface area contributed by atoms with E-state index in [4.69, 9.17) is 10.9 Å². The molecule has 0 atom stereocenters. The number of aryl methyl sites for hydroxylation is 1. The minimum absolute atomic E-state index is 0.101. The van der Waals surface area contributed by atoms with Crippen molar-refractivity contribution in [3.63, 3.8) is 0 Å². The third kappa shape index (κ3) is 2.56. The Hall–Kier alpha value is -3.08. The maximum Gasteiger partial charge on any atom is 0.170 e. The molecule has 0 saturated carbocycles. The molecular formula is C17H16N4O. The fraction of sp³-hybridized carbons (Fsp3) is 0.0588. The molecule has 0 aliphatic rings. The first kappa shape index (κ1) is 13.9. The van der Waals surface area contributed by atoms with Gasteiger partial charge >= 0.3 is 0 Å². The summed E-state index contributed by atoms with van der Waals surface area (Å²) in [5.41, 5.74) is 10.3. The van der Waals surface area contributed by atoms with Crippen LogP contribution in [0.1, 0.15) is 22.4 Å². The zero-order valence-corrected chi connectivity index (χ0v) is 12.1. The number of nitrogens with two attached hydrogens (primary N) is 1. The summed E-state index contributed by atoms with van der Waals surface area (Å²) in [5.74, 6) is 0.101. The smallest absolute Gasteiger partial charge is 0.170 e. The molecule has 2 heterocycles. The number of amidine groups is 1. The summed E-state index contributed by atoms with van der Waals surface area (Å²) in [5, 5.41) is 11.8. The number of imidazole rings is 1. The molecule has 0 aliphatic heterocycles. The van der Waals surface area contributed by atoms with Gasteiger partial charge in [0.05, 0.1) is 11.9 Å². The second-order valence-electron chi connectivity index (χ2n) is 5.00. The summed E-state index contributed by atoms with van der Waals surface area (Å²) in [4.78, 5) is 4.35. The van der Waals surface area contributed by atoms with E-state index in [1.165, 1.54) is 0 Å². The van der Waals surface area contributed by atoms with Gasteiger partial charge in [0.2, 0.25) is 0 Å². The van der Waals surface area contributed by atoms with Crippen molar-refractivity contribution in [3.05, 3.63) is 71.2 Å². The SMILES string of the molecule is Cc1ccc(C(N)=NO)cc1/C=C/c1cnc2ccccn12. The van der Waals surface area contributed by atoms with E-state index in [0.29, 0.717) is 5.56 Å². The van der Waals surface area contributed by atoms with Crippen molar-refractivity contribution in [3.8, 4) is 0 Å². The van der Waals surface area contributed by atoms with Crippen LogP contribution in [0, 0.1) is 6.92 Å². The Labute approximate surface area is 128 Å². The van der Waals surface area contributed by atoms with Crippen LogP contribution < -0.4 is 5.73 Å². The van der Waals surface area contributed by atoms with E-state index in [-0.39, 0.29) is 5.84 Å². The molecule has 3 N–H and O–H groups in total. The van der Waals surface area contributed by atoms with E-state index < -0.39 is 0 Å². The lowest BCUT2D eigenvalue weighted by molar-refractivity contribution is 0.318. The van der Waals surface area contributed by atoms with Crippen LogP contribution >= 0.6 is 0 Å². The molecule has 1 aromatic carbocycles. The minimum Gasteiger partial charge on any atom is -0.409 e. The highest BCUT2D eigenvalue weighted by atomic mass is 16.4. The van der Waals surface area contributed by atoms with Crippen molar-refractivity contribution >= 4 is 23.6 Å². The van der Waals surface area contributed by atoms with E-state index in [1.807, 2.05) is 72.3 Å². The monoisotopic (exact) mass is 292 g/mol. The second-order valence-corrected chi connectivity index (χ2v) is 5.00. The predicted molar refractivity (Wildman–Crippen MR) is 87.8 cm³/mol. The molecule has 5 nitrogen and oxygen atoms in total. The topological polar surface area (TPSA) is 75.9 Å². The van der Waals surface area contributed by atoms with Crippen LogP contribution in [0.25, 0.3) is 17.8 Å². The van der Waals surface area contributed by atoms with Crippen LogP contribution in [0.15, 0.2) is 53.9 Å². The molecule has 2 aromatic heterocycles. The third-order valence-electron chi connectivity index (χ3n) is 3.56. The molecule has 22 heavy (non-hydrogen) atoms. The maximum absolute atomic E-state index is 8.78. The minimum atomic E-state index is 0.101. The molecule has 0 amide bonds. The van der Waals surface area contributed by atoms with E-state index in [2.05, 4.69) is 10.1 Å². The average Bonchev–Trinajstić information content (AvgIpc) is 2.96. The Morgan fingerprint density at radius 2 is 2.14 bits per heavy atom. The van der Waals surface area contributed by atoms with Gasteiger partial charge in [0.25, 0.3) is 0 Å².